The maximum Gasteiger partial charge on any atom is 0.295 e. The minimum Gasteiger partial charge on any atom is -0.507 e. The van der Waals surface area contributed by atoms with Crippen LogP contribution in [0.25, 0.3) is 5.76 Å². The smallest absolute Gasteiger partial charge is 0.295 e. The Morgan fingerprint density at radius 3 is 2.35 bits per heavy atom. The summed E-state index contributed by atoms with van der Waals surface area (Å²) in [6, 6.07) is 17.0. The normalized spacial score (nSPS) is 16.6. The van der Waals surface area contributed by atoms with Gasteiger partial charge in [-0.15, -0.1) is 0 Å². The Labute approximate surface area is 213 Å². The molecule has 0 unspecified atom stereocenters. The largest absolute Gasteiger partial charge is 0.507 e. The Balaban J connectivity index is 1.78. The molecule has 0 saturated carbocycles. The van der Waals surface area contributed by atoms with Gasteiger partial charge in [0, 0.05) is 24.2 Å². The van der Waals surface area contributed by atoms with Crippen molar-refractivity contribution in [2.45, 2.75) is 19.4 Å². The number of hydrogen-bond acceptors (Lipinski definition) is 7. The molecule has 0 aromatic heterocycles. The molecule has 0 bridgehead atoms. The number of aryl methyl sites for hydroxylation is 1. The number of ketones is 1. The summed E-state index contributed by atoms with van der Waals surface area (Å²) in [4.78, 5) is 38.7. The zero-order valence-electron chi connectivity index (χ0n) is 20.6. The first-order chi connectivity index (χ1) is 17.7. The van der Waals surface area contributed by atoms with E-state index in [9.17, 15) is 24.8 Å². The zero-order valence-corrected chi connectivity index (χ0v) is 20.6. The lowest BCUT2D eigenvalue weighted by Gasteiger charge is -2.25. The molecule has 37 heavy (non-hydrogen) atoms. The molecule has 1 saturated heterocycles. The van der Waals surface area contributed by atoms with Crippen molar-refractivity contribution in [1.29, 1.82) is 0 Å². The van der Waals surface area contributed by atoms with E-state index in [1.807, 2.05) is 13.0 Å². The molecule has 3 aromatic rings. The average Bonchev–Trinajstić information content (AvgIpc) is 3.16. The number of rotatable bonds is 8. The summed E-state index contributed by atoms with van der Waals surface area (Å²) in [6.07, 6.45) is 0.364. The molecule has 4 rings (SSSR count). The summed E-state index contributed by atoms with van der Waals surface area (Å²) in [5.41, 5.74) is 2.23. The van der Waals surface area contributed by atoms with Crippen LogP contribution in [0.2, 0.25) is 0 Å². The first-order valence-electron chi connectivity index (χ1n) is 11.6. The van der Waals surface area contributed by atoms with Gasteiger partial charge in [-0.25, -0.2) is 0 Å². The van der Waals surface area contributed by atoms with Crippen LogP contribution in [0.4, 0.5) is 5.69 Å². The number of nitro groups is 1. The van der Waals surface area contributed by atoms with Crippen LogP contribution in [0.1, 0.15) is 28.3 Å². The van der Waals surface area contributed by atoms with Gasteiger partial charge in [0.05, 0.1) is 30.8 Å². The van der Waals surface area contributed by atoms with E-state index in [1.54, 1.807) is 42.5 Å². The van der Waals surface area contributed by atoms with E-state index in [1.165, 1.54) is 37.3 Å². The Kier molecular flexibility index (Phi) is 7.24. The number of nitro benzene ring substituents is 1. The average molecular weight is 503 g/mol. The van der Waals surface area contributed by atoms with Gasteiger partial charge in [0.2, 0.25) is 0 Å². The van der Waals surface area contributed by atoms with Crippen molar-refractivity contribution in [2.75, 3.05) is 20.8 Å². The second kappa shape index (κ2) is 10.5. The monoisotopic (exact) mass is 502 g/mol. The highest BCUT2D eigenvalue weighted by molar-refractivity contribution is 6.46. The van der Waals surface area contributed by atoms with Gasteiger partial charge >= 0.3 is 0 Å². The minimum absolute atomic E-state index is 0.110. The second-order valence-electron chi connectivity index (χ2n) is 8.65. The van der Waals surface area contributed by atoms with E-state index >= 15 is 0 Å². The van der Waals surface area contributed by atoms with Gasteiger partial charge in [0.1, 0.15) is 5.76 Å². The van der Waals surface area contributed by atoms with E-state index < -0.39 is 22.7 Å². The molecule has 1 amide bonds. The third-order valence-corrected chi connectivity index (χ3v) is 6.35. The topological polar surface area (TPSA) is 119 Å². The fraction of sp³-hybridized carbons (Fsp3) is 0.214. The standard InChI is InChI=1S/C28H26N2O7/c1-17-7-10-19(11-8-17)26(31)24-25(20-5-4-6-21(16-20)30(34)35)29(28(33)27(24)32)14-13-18-9-12-22(36-2)23(15-18)37-3/h4-12,15-16,25,31H,13-14H2,1-3H3/t25-/m1/s1. The minimum atomic E-state index is -0.999. The molecule has 3 aromatic carbocycles. The van der Waals surface area contributed by atoms with E-state index in [2.05, 4.69) is 0 Å². The molecule has 9 heteroatoms. The van der Waals surface area contributed by atoms with Gasteiger partial charge in [-0.1, -0.05) is 48.0 Å². The fourth-order valence-corrected chi connectivity index (χ4v) is 4.42. The van der Waals surface area contributed by atoms with Crippen LogP contribution in [0.3, 0.4) is 0 Å². The molecule has 0 radical (unpaired) electrons. The molecule has 0 spiro atoms. The van der Waals surface area contributed by atoms with Gasteiger partial charge in [0.25, 0.3) is 17.4 Å². The van der Waals surface area contributed by atoms with Gasteiger partial charge in [-0.2, -0.15) is 0 Å². The number of carbonyl (C=O) groups is 2. The summed E-state index contributed by atoms with van der Waals surface area (Å²) in [6.45, 7) is 2.01. The van der Waals surface area contributed by atoms with E-state index in [0.717, 1.165) is 11.1 Å². The lowest BCUT2D eigenvalue weighted by Crippen LogP contribution is -2.31. The quantitative estimate of drug-likeness (QED) is 0.157. The van der Waals surface area contributed by atoms with Gasteiger partial charge in [-0.3, -0.25) is 19.7 Å². The van der Waals surface area contributed by atoms with Crippen LogP contribution in [0.5, 0.6) is 11.5 Å². The van der Waals surface area contributed by atoms with Crippen molar-refractivity contribution in [1.82, 2.24) is 4.90 Å². The summed E-state index contributed by atoms with van der Waals surface area (Å²) in [7, 11) is 3.05. The van der Waals surface area contributed by atoms with Crippen LogP contribution < -0.4 is 9.47 Å². The number of carbonyl (C=O) groups excluding carboxylic acids is 2. The van der Waals surface area contributed by atoms with Crippen molar-refractivity contribution in [3.05, 3.63) is 105 Å². The van der Waals surface area contributed by atoms with Crippen LogP contribution >= 0.6 is 0 Å². The fourth-order valence-electron chi connectivity index (χ4n) is 4.42. The molecule has 0 aliphatic carbocycles. The number of methoxy groups -OCH3 is 2. The SMILES string of the molecule is COc1ccc(CCN2C(=O)C(=O)C(=C(O)c3ccc(C)cc3)[C@H]2c2cccc([N+](=O)[O-])c2)cc1OC. The van der Waals surface area contributed by atoms with Crippen LogP contribution in [-0.2, 0) is 16.0 Å². The van der Waals surface area contributed by atoms with Crippen molar-refractivity contribution >= 4 is 23.1 Å². The number of Topliss-reactive ketones (excluding diaryl/α,β-unsaturated/α-hetero) is 1. The molecule has 1 aliphatic heterocycles. The molecule has 9 nitrogen and oxygen atoms in total. The number of nitrogens with zero attached hydrogens (tertiary/aromatic N) is 2. The second-order valence-corrected chi connectivity index (χ2v) is 8.65. The van der Waals surface area contributed by atoms with Gasteiger partial charge in [-0.05, 0) is 36.6 Å². The van der Waals surface area contributed by atoms with Crippen LogP contribution in [0.15, 0.2) is 72.3 Å². The summed E-state index contributed by atoms with van der Waals surface area (Å²) >= 11 is 0. The maximum absolute atomic E-state index is 13.2. The third-order valence-electron chi connectivity index (χ3n) is 6.35. The lowest BCUT2D eigenvalue weighted by molar-refractivity contribution is -0.384. The molecule has 1 aliphatic rings. The summed E-state index contributed by atoms with van der Waals surface area (Å²) in [5.74, 6) is -0.881. The van der Waals surface area contributed by atoms with E-state index in [-0.39, 0.29) is 23.6 Å². The molecule has 1 heterocycles. The van der Waals surface area contributed by atoms with Crippen LogP contribution in [-0.4, -0.2) is 47.4 Å². The first kappa shape index (κ1) is 25.4. The van der Waals surface area contributed by atoms with Crippen LogP contribution in [0, 0.1) is 17.0 Å². The predicted molar refractivity (Wildman–Crippen MR) is 137 cm³/mol. The number of amides is 1. The lowest BCUT2D eigenvalue weighted by atomic mass is 9.94. The highest BCUT2D eigenvalue weighted by Gasteiger charge is 2.46. The molecular weight excluding hydrogens is 476 g/mol. The molecule has 1 N–H and O–H groups in total. The maximum atomic E-state index is 13.2. The van der Waals surface area contributed by atoms with E-state index in [4.69, 9.17) is 9.47 Å². The number of aliphatic hydroxyl groups is 1. The van der Waals surface area contributed by atoms with E-state index in [0.29, 0.717) is 29.0 Å². The molecular formula is C28H26N2O7. The summed E-state index contributed by atoms with van der Waals surface area (Å²) < 4.78 is 10.6. The van der Waals surface area contributed by atoms with Crippen molar-refractivity contribution in [3.63, 3.8) is 0 Å². The summed E-state index contributed by atoms with van der Waals surface area (Å²) in [5, 5.41) is 22.6. The van der Waals surface area contributed by atoms with Crippen molar-refractivity contribution in [3.8, 4) is 11.5 Å². The third kappa shape index (κ3) is 5.02. The Hall–Kier alpha value is -4.66. The number of ether oxygens (including phenoxy) is 2. The molecule has 190 valence electrons. The number of hydrogen-bond donors (Lipinski definition) is 1. The Bertz CT molecular complexity index is 1400. The molecule has 1 fully saturated rings. The zero-order chi connectivity index (χ0) is 26.7. The number of non-ortho nitro benzene ring substituents is 1. The van der Waals surface area contributed by atoms with Crippen molar-refractivity contribution in [2.24, 2.45) is 0 Å². The van der Waals surface area contributed by atoms with Gasteiger partial charge in [0.15, 0.2) is 11.5 Å². The highest BCUT2D eigenvalue weighted by Crippen LogP contribution is 2.40. The Morgan fingerprint density at radius 2 is 1.70 bits per heavy atom. The Morgan fingerprint density at radius 1 is 1.00 bits per heavy atom. The highest BCUT2D eigenvalue weighted by atomic mass is 16.6. The number of benzene rings is 3. The first-order valence-corrected chi connectivity index (χ1v) is 11.6. The van der Waals surface area contributed by atoms with Gasteiger partial charge < -0.3 is 19.5 Å². The number of aliphatic hydroxyl groups excluding tert-OH is 1. The number of likely N-dealkylation sites (tertiary alicyclic amines) is 1. The predicted octanol–water partition coefficient (Wildman–Crippen LogP) is 4.58. The van der Waals surface area contributed by atoms with Crippen molar-refractivity contribution < 1.29 is 29.1 Å². The molecule has 1 atom stereocenters.